The van der Waals surface area contributed by atoms with Crippen LogP contribution in [0.4, 0.5) is 4.39 Å². The third kappa shape index (κ3) is 3.65. The summed E-state index contributed by atoms with van der Waals surface area (Å²) < 4.78 is 64.3. The van der Waals surface area contributed by atoms with Crippen LogP contribution < -0.4 is 4.72 Å². The molecule has 0 amide bonds. The molecule has 1 atom stereocenters. The van der Waals surface area contributed by atoms with Gasteiger partial charge < -0.3 is 0 Å². The van der Waals surface area contributed by atoms with E-state index < -0.39 is 31.1 Å². The SMILES string of the molecule is CCS(=O)(=O)NC1CN(S(=O)(=O)C(C)c2ccc(F)cc2)C1. The minimum atomic E-state index is -3.59. The van der Waals surface area contributed by atoms with Crippen molar-refractivity contribution >= 4 is 20.0 Å². The summed E-state index contributed by atoms with van der Waals surface area (Å²) in [6.45, 7) is 3.29. The zero-order valence-corrected chi connectivity index (χ0v) is 14.0. The van der Waals surface area contributed by atoms with E-state index in [0.717, 1.165) is 0 Å². The van der Waals surface area contributed by atoms with Gasteiger partial charge in [-0.3, -0.25) is 0 Å². The van der Waals surface area contributed by atoms with Crippen LogP contribution in [-0.2, 0) is 20.0 Å². The van der Waals surface area contributed by atoms with Gasteiger partial charge in [-0.2, -0.15) is 4.31 Å². The third-order valence-corrected chi connectivity index (χ3v) is 7.36. The normalized spacial score (nSPS) is 18.9. The number of nitrogens with one attached hydrogen (secondary N) is 1. The molecule has 2 rings (SSSR count). The molecule has 124 valence electrons. The molecule has 9 heteroatoms. The topological polar surface area (TPSA) is 83.6 Å². The maximum Gasteiger partial charge on any atom is 0.221 e. The van der Waals surface area contributed by atoms with E-state index in [-0.39, 0.29) is 24.9 Å². The minimum absolute atomic E-state index is 0.0395. The highest BCUT2D eigenvalue weighted by molar-refractivity contribution is 7.89. The Kier molecular flexibility index (Phi) is 4.90. The Morgan fingerprint density at radius 2 is 1.77 bits per heavy atom. The van der Waals surface area contributed by atoms with Crippen molar-refractivity contribution in [3.63, 3.8) is 0 Å². The summed E-state index contributed by atoms with van der Waals surface area (Å²) in [7, 11) is -6.93. The molecule has 1 N–H and O–H groups in total. The molecule has 0 aliphatic carbocycles. The number of sulfonamides is 2. The van der Waals surface area contributed by atoms with Crippen LogP contribution in [0, 0.1) is 5.82 Å². The van der Waals surface area contributed by atoms with E-state index in [0.29, 0.717) is 5.56 Å². The van der Waals surface area contributed by atoms with Crippen molar-refractivity contribution in [2.45, 2.75) is 25.1 Å². The van der Waals surface area contributed by atoms with Crippen molar-refractivity contribution in [2.75, 3.05) is 18.8 Å². The molecule has 0 aromatic heterocycles. The molecule has 22 heavy (non-hydrogen) atoms. The second-order valence-electron chi connectivity index (χ2n) is 5.27. The van der Waals surface area contributed by atoms with E-state index in [4.69, 9.17) is 0 Å². The van der Waals surface area contributed by atoms with Crippen molar-refractivity contribution in [3.05, 3.63) is 35.6 Å². The number of hydrogen-bond acceptors (Lipinski definition) is 4. The van der Waals surface area contributed by atoms with Crippen LogP contribution in [0.3, 0.4) is 0 Å². The smallest absolute Gasteiger partial charge is 0.212 e. The van der Waals surface area contributed by atoms with Gasteiger partial charge in [-0.05, 0) is 31.5 Å². The molecule has 1 unspecified atom stereocenters. The Bertz CT molecular complexity index is 726. The van der Waals surface area contributed by atoms with Crippen molar-refractivity contribution in [2.24, 2.45) is 0 Å². The molecule has 0 saturated carbocycles. The van der Waals surface area contributed by atoms with Gasteiger partial charge in [0.05, 0.1) is 11.0 Å². The Balaban J connectivity index is 2.02. The largest absolute Gasteiger partial charge is 0.221 e. The monoisotopic (exact) mass is 350 g/mol. The molecule has 1 aliphatic rings. The molecular weight excluding hydrogens is 331 g/mol. The quantitative estimate of drug-likeness (QED) is 0.824. The first-order valence-corrected chi connectivity index (χ1v) is 10.1. The van der Waals surface area contributed by atoms with Crippen LogP contribution in [0.2, 0.25) is 0 Å². The van der Waals surface area contributed by atoms with Crippen molar-refractivity contribution in [1.29, 1.82) is 0 Å². The average Bonchev–Trinajstić information content (AvgIpc) is 2.42. The van der Waals surface area contributed by atoms with Crippen LogP contribution in [0.15, 0.2) is 24.3 Å². The van der Waals surface area contributed by atoms with Gasteiger partial charge in [0, 0.05) is 19.1 Å². The highest BCUT2D eigenvalue weighted by Gasteiger charge is 2.40. The van der Waals surface area contributed by atoms with Gasteiger partial charge >= 0.3 is 0 Å². The molecule has 1 aromatic rings. The van der Waals surface area contributed by atoms with Crippen molar-refractivity contribution in [3.8, 4) is 0 Å². The summed E-state index contributed by atoms with van der Waals surface area (Å²) in [5.74, 6) is -0.464. The van der Waals surface area contributed by atoms with Gasteiger partial charge in [-0.25, -0.2) is 25.9 Å². The predicted molar refractivity (Wildman–Crippen MR) is 81.7 cm³/mol. The number of hydrogen-bond donors (Lipinski definition) is 1. The lowest BCUT2D eigenvalue weighted by atomic mass is 10.2. The van der Waals surface area contributed by atoms with Gasteiger partial charge in [-0.15, -0.1) is 0 Å². The molecule has 0 radical (unpaired) electrons. The Morgan fingerprint density at radius 3 is 2.27 bits per heavy atom. The van der Waals surface area contributed by atoms with Gasteiger partial charge in [0.2, 0.25) is 20.0 Å². The molecular formula is C13H19FN2O4S2. The van der Waals surface area contributed by atoms with Crippen LogP contribution >= 0.6 is 0 Å². The Morgan fingerprint density at radius 1 is 1.23 bits per heavy atom. The molecule has 1 aromatic carbocycles. The molecule has 1 aliphatic heterocycles. The number of halogens is 1. The second kappa shape index (κ2) is 6.23. The fourth-order valence-electron chi connectivity index (χ4n) is 2.19. The molecule has 0 bridgehead atoms. The molecule has 1 heterocycles. The van der Waals surface area contributed by atoms with Gasteiger partial charge in [0.1, 0.15) is 5.82 Å². The highest BCUT2D eigenvalue weighted by Crippen LogP contribution is 2.28. The standard InChI is InChI=1S/C13H19FN2O4S2/c1-3-21(17,18)15-13-8-16(9-13)22(19,20)10(2)11-4-6-12(14)7-5-11/h4-7,10,13,15H,3,8-9H2,1-2H3. The zero-order valence-electron chi connectivity index (χ0n) is 12.4. The van der Waals surface area contributed by atoms with Gasteiger partial charge in [0.15, 0.2) is 0 Å². The third-order valence-electron chi connectivity index (χ3n) is 3.72. The number of benzene rings is 1. The first kappa shape index (κ1) is 17.3. The summed E-state index contributed by atoms with van der Waals surface area (Å²) >= 11 is 0. The van der Waals surface area contributed by atoms with E-state index >= 15 is 0 Å². The summed E-state index contributed by atoms with van der Waals surface area (Å²) in [4.78, 5) is 0. The maximum atomic E-state index is 12.9. The van der Waals surface area contributed by atoms with Crippen LogP contribution in [0.25, 0.3) is 0 Å². The summed E-state index contributed by atoms with van der Waals surface area (Å²) in [5.41, 5.74) is 0.499. The molecule has 0 spiro atoms. The van der Waals surface area contributed by atoms with Crippen LogP contribution in [-0.4, -0.2) is 46.0 Å². The Hall–Kier alpha value is -1.03. The van der Waals surface area contributed by atoms with Crippen LogP contribution in [0.5, 0.6) is 0 Å². The zero-order chi connectivity index (χ0) is 16.5. The lowest BCUT2D eigenvalue weighted by Crippen LogP contribution is -2.61. The number of nitrogens with zero attached hydrogens (tertiary/aromatic N) is 1. The van der Waals surface area contributed by atoms with Crippen molar-refractivity contribution < 1.29 is 21.2 Å². The van der Waals surface area contributed by atoms with E-state index in [1.807, 2.05) is 0 Å². The van der Waals surface area contributed by atoms with E-state index in [9.17, 15) is 21.2 Å². The van der Waals surface area contributed by atoms with Gasteiger partial charge in [-0.1, -0.05) is 12.1 Å². The lowest BCUT2D eigenvalue weighted by Gasteiger charge is -2.39. The lowest BCUT2D eigenvalue weighted by molar-refractivity contribution is 0.248. The van der Waals surface area contributed by atoms with Crippen molar-refractivity contribution in [1.82, 2.24) is 9.03 Å². The van der Waals surface area contributed by atoms with Crippen LogP contribution in [0.1, 0.15) is 24.7 Å². The molecule has 1 saturated heterocycles. The maximum absolute atomic E-state index is 12.9. The van der Waals surface area contributed by atoms with Gasteiger partial charge in [0.25, 0.3) is 0 Å². The fraction of sp³-hybridized carbons (Fsp3) is 0.538. The summed E-state index contributed by atoms with van der Waals surface area (Å²) in [6, 6.07) is 4.93. The fourth-order valence-corrected chi connectivity index (χ4v) is 4.73. The Labute approximate surface area is 130 Å². The first-order valence-electron chi connectivity index (χ1n) is 6.90. The minimum Gasteiger partial charge on any atom is -0.212 e. The number of rotatable bonds is 6. The molecule has 1 fully saturated rings. The predicted octanol–water partition coefficient (Wildman–Crippen LogP) is 0.840. The van der Waals surface area contributed by atoms with E-state index in [1.165, 1.54) is 42.4 Å². The first-order chi connectivity index (χ1) is 10.2. The summed E-state index contributed by atoms with van der Waals surface area (Å²) in [5, 5.41) is -0.808. The van der Waals surface area contributed by atoms with E-state index in [1.54, 1.807) is 0 Å². The summed E-state index contributed by atoms with van der Waals surface area (Å²) in [6.07, 6.45) is 0. The van der Waals surface area contributed by atoms with E-state index in [2.05, 4.69) is 4.72 Å². The highest BCUT2D eigenvalue weighted by atomic mass is 32.2. The average molecular weight is 350 g/mol. The molecule has 6 nitrogen and oxygen atoms in total. The second-order valence-corrected chi connectivity index (χ2v) is 9.57.